The van der Waals surface area contributed by atoms with Crippen molar-refractivity contribution in [2.24, 2.45) is 0 Å². The second-order valence-electron chi connectivity index (χ2n) is 5.72. The van der Waals surface area contributed by atoms with Crippen LogP contribution in [0.1, 0.15) is 28.8 Å². The van der Waals surface area contributed by atoms with Crippen molar-refractivity contribution in [2.75, 3.05) is 23.3 Å². The predicted molar refractivity (Wildman–Crippen MR) is 89.3 cm³/mol. The van der Waals surface area contributed by atoms with E-state index in [1.165, 1.54) is 18.5 Å². The number of amides is 1. The van der Waals surface area contributed by atoms with Gasteiger partial charge in [0.2, 0.25) is 0 Å². The van der Waals surface area contributed by atoms with Gasteiger partial charge in [-0.15, -0.1) is 0 Å². The number of nitrogens with zero attached hydrogens (tertiary/aromatic N) is 4. The van der Waals surface area contributed by atoms with Crippen LogP contribution < -0.4 is 10.2 Å². The summed E-state index contributed by atoms with van der Waals surface area (Å²) in [6, 6.07) is 4.31. The van der Waals surface area contributed by atoms with E-state index in [9.17, 15) is 14.9 Å². The van der Waals surface area contributed by atoms with E-state index in [-0.39, 0.29) is 11.3 Å². The van der Waals surface area contributed by atoms with Crippen LogP contribution in [0, 0.1) is 17.0 Å². The summed E-state index contributed by atoms with van der Waals surface area (Å²) in [5.41, 5.74) is 1.29. The average Bonchev–Trinajstić information content (AvgIpc) is 3.09. The molecule has 2 heterocycles. The van der Waals surface area contributed by atoms with Crippen molar-refractivity contribution in [2.45, 2.75) is 19.8 Å². The first-order valence-electron chi connectivity index (χ1n) is 7.67. The van der Waals surface area contributed by atoms with E-state index in [1.54, 1.807) is 19.2 Å². The fourth-order valence-corrected chi connectivity index (χ4v) is 2.79. The topological polar surface area (TPSA) is 101 Å². The van der Waals surface area contributed by atoms with Crippen molar-refractivity contribution < 1.29 is 9.72 Å². The Morgan fingerprint density at radius 1 is 1.29 bits per heavy atom. The molecule has 0 aliphatic carbocycles. The molecule has 1 aliphatic rings. The van der Waals surface area contributed by atoms with E-state index in [0.29, 0.717) is 17.1 Å². The van der Waals surface area contributed by atoms with Gasteiger partial charge in [0.25, 0.3) is 11.6 Å². The molecule has 0 atom stereocenters. The molecular formula is C16H17N5O3. The van der Waals surface area contributed by atoms with Crippen LogP contribution in [-0.2, 0) is 0 Å². The molecule has 0 radical (unpaired) electrons. The first-order valence-corrected chi connectivity index (χ1v) is 7.67. The van der Waals surface area contributed by atoms with Crippen LogP contribution in [0.4, 0.5) is 17.2 Å². The number of non-ortho nitro benzene ring substituents is 1. The highest BCUT2D eigenvalue weighted by atomic mass is 16.6. The highest BCUT2D eigenvalue weighted by Gasteiger charge is 2.20. The molecule has 1 aliphatic heterocycles. The van der Waals surface area contributed by atoms with E-state index in [1.807, 2.05) is 0 Å². The molecule has 1 saturated heterocycles. The Morgan fingerprint density at radius 2 is 2.04 bits per heavy atom. The Balaban J connectivity index is 1.87. The molecule has 1 aromatic carbocycles. The fraction of sp³-hybridized carbons (Fsp3) is 0.312. The zero-order chi connectivity index (χ0) is 17.1. The summed E-state index contributed by atoms with van der Waals surface area (Å²) < 4.78 is 0. The molecule has 8 heteroatoms. The van der Waals surface area contributed by atoms with Gasteiger partial charge in [-0.1, -0.05) is 0 Å². The number of hydrogen-bond donors (Lipinski definition) is 1. The number of nitro benzene ring substituents is 1. The molecule has 1 fully saturated rings. The maximum Gasteiger partial charge on any atom is 0.270 e. The van der Waals surface area contributed by atoms with Gasteiger partial charge in [-0.05, 0) is 31.4 Å². The molecule has 0 saturated carbocycles. The van der Waals surface area contributed by atoms with Crippen molar-refractivity contribution in [3.8, 4) is 0 Å². The van der Waals surface area contributed by atoms with Gasteiger partial charge in [0.15, 0.2) is 5.82 Å². The van der Waals surface area contributed by atoms with Gasteiger partial charge >= 0.3 is 0 Å². The lowest BCUT2D eigenvalue weighted by Crippen LogP contribution is -2.22. The number of carbonyl (C=O) groups is 1. The number of nitrogens with one attached hydrogen (secondary N) is 1. The summed E-state index contributed by atoms with van der Waals surface area (Å²) in [6.45, 7) is 3.48. The number of aromatic nitrogens is 2. The van der Waals surface area contributed by atoms with Gasteiger partial charge in [-0.2, -0.15) is 0 Å². The van der Waals surface area contributed by atoms with Gasteiger partial charge in [-0.3, -0.25) is 14.9 Å². The third kappa shape index (κ3) is 3.32. The molecular weight excluding hydrogens is 310 g/mol. The average molecular weight is 327 g/mol. The standard InChI is InChI=1S/C16H17N5O3/c1-11-6-12(8-13(7-11)21(23)24)16(22)19-14-9-17-10-18-15(14)20-4-2-3-5-20/h6-10H,2-5H2,1H3,(H,19,22). The van der Waals surface area contributed by atoms with Crippen LogP contribution >= 0.6 is 0 Å². The molecule has 1 amide bonds. The minimum absolute atomic E-state index is 0.107. The van der Waals surface area contributed by atoms with E-state index in [2.05, 4.69) is 20.2 Å². The SMILES string of the molecule is Cc1cc(C(=O)Nc2cncnc2N2CCCC2)cc([N+](=O)[O-])c1. The third-order valence-electron chi connectivity index (χ3n) is 3.88. The lowest BCUT2D eigenvalue weighted by Gasteiger charge is -2.19. The zero-order valence-corrected chi connectivity index (χ0v) is 13.2. The molecule has 3 rings (SSSR count). The highest BCUT2D eigenvalue weighted by molar-refractivity contribution is 6.06. The van der Waals surface area contributed by atoms with Crippen LogP contribution in [0.25, 0.3) is 0 Å². The van der Waals surface area contributed by atoms with Crippen LogP contribution in [0.15, 0.2) is 30.7 Å². The predicted octanol–water partition coefficient (Wildman–Crippen LogP) is 2.55. The molecule has 0 unspecified atom stereocenters. The molecule has 0 bridgehead atoms. The number of aryl methyl sites for hydroxylation is 1. The fourth-order valence-electron chi connectivity index (χ4n) is 2.79. The monoisotopic (exact) mass is 327 g/mol. The van der Waals surface area contributed by atoms with Crippen LogP contribution in [0.5, 0.6) is 0 Å². The van der Waals surface area contributed by atoms with Crippen molar-refractivity contribution >= 4 is 23.1 Å². The number of benzene rings is 1. The molecule has 124 valence electrons. The number of carbonyl (C=O) groups excluding carboxylic acids is 1. The number of hydrogen-bond acceptors (Lipinski definition) is 6. The summed E-state index contributed by atoms with van der Waals surface area (Å²) in [7, 11) is 0. The molecule has 0 spiro atoms. The Labute approximate surface area is 138 Å². The summed E-state index contributed by atoms with van der Waals surface area (Å²) in [6.07, 6.45) is 5.16. The Kier molecular flexibility index (Phi) is 4.37. The van der Waals surface area contributed by atoms with Crippen molar-refractivity contribution in [1.82, 2.24) is 9.97 Å². The van der Waals surface area contributed by atoms with Crippen LogP contribution in [0.2, 0.25) is 0 Å². The van der Waals surface area contributed by atoms with Gasteiger partial charge in [-0.25, -0.2) is 9.97 Å². The molecule has 24 heavy (non-hydrogen) atoms. The molecule has 1 aromatic heterocycles. The van der Waals surface area contributed by atoms with Gasteiger partial charge < -0.3 is 10.2 Å². The van der Waals surface area contributed by atoms with Gasteiger partial charge in [0.05, 0.1) is 11.1 Å². The quantitative estimate of drug-likeness (QED) is 0.684. The smallest absolute Gasteiger partial charge is 0.270 e. The van der Waals surface area contributed by atoms with Crippen LogP contribution in [-0.4, -0.2) is 33.9 Å². The Hall–Kier alpha value is -3.03. The number of anilines is 2. The highest BCUT2D eigenvalue weighted by Crippen LogP contribution is 2.26. The van der Waals surface area contributed by atoms with E-state index in [0.717, 1.165) is 25.9 Å². The van der Waals surface area contributed by atoms with Crippen LogP contribution in [0.3, 0.4) is 0 Å². The number of rotatable bonds is 4. The Morgan fingerprint density at radius 3 is 2.75 bits per heavy atom. The zero-order valence-electron chi connectivity index (χ0n) is 13.2. The molecule has 8 nitrogen and oxygen atoms in total. The normalized spacial score (nSPS) is 13.8. The first kappa shape index (κ1) is 15.9. The third-order valence-corrected chi connectivity index (χ3v) is 3.88. The summed E-state index contributed by atoms with van der Waals surface area (Å²) in [4.78, 5) is 33.3. The molecule has 1 N–H and O–H groups in total. The number of nitro groups is 1. The van der Waals surface area contributed by atoms with E-state index >= 15 is 0 Å². The van der Waals surface area contributed by atoms with E-state index in [4.69, 9.17) is 0 Å². The second-order valence-corrected chi connectivity index (χ2v) is 5.72. The van der Waals surface area contributed by atoms with Crippen molar-refractivity contribution in [3.05, 3.63) is 52.0 Å². The summed E-state index contributed by atoms with van der Waals surface area (Å²) >= 11 is 0. The summed E-state index contributed by atoms with van der Waals surface area (Å²) in [5.74, 6) is 0.259. The largest absolute Gasteiger partial charge is 0.355 e. The second kappa shape index (κ2) is 6.61. The lowest BCUT2D eigenvalue weighted by molar-refractivity contribution is -0.384. The lowest BCUT2D eigenvalue weighted by atomic mass is 10.1. The molecule has 2 aromatic rings. The Bertz CT molecular complexity index is 787. The maximum atomic E-state index is 12.5. The summed E-state index contributed by atoms with van der Waals surface area (Å²) in [5, 5.41) is 13.7. The first-order chi connectivity index (χ1) is 11.5. The maximum absolute atomic E-state index is 12.5. The minimum Gasteiger partial charge on any atom is -0.355 e. The van der Waals surface area contributed by atoms with Crippen molar-refractivity contribution in [1.29, 1.82) is 0 Å². The minimum atomic E-state index is -0.509. The van der Waals surface area contributed by atoms with Gasteiger partial charge in [0.1, 0.15) is 12.0 Å². The van der Waals surface area contributed by atoms with Gasteiger partial charge in [0, 0.05) is 30.8 Å². The van der Waals surface area contributed by atoms with Crippen molar-refractivity contribution in [3.63, 3.8) is 0 Å². The van der Waals surface area contributed by atoms with E-state index < -0.39 is 10.8 Å².